The monoisotopic (exact) mass is 409 g/mol. The molecule has 2 unspecified atom stereocenters. The maximum absolute atomic E-state index is 12.2. The number of sulfonamides is 1. The molecule has 20 heavy (non-hydrogen) atoms. The van der Waals surface area contributed by atoms with Crippen molar-refractivity contribution >= 4 is 32.6 Å². The van der Waals surface area contributed by atoms with Crippen LogP contribution < -0.4 is 4.72 Å². The standard InChI is InChI=1S/C14H20INO3S/c1-11-3-2-8-14(17,9-11)10-16-20(18,19)13-6-4-12(15)5-7-13/h4-7,11,16-17H,2-3,8-10H2,1H3. The predicted molar refractivity (Wildman–Crippen MR) is 86.9 cm³/mol. The Kier molecular flexibility index (Phi) is 5.09. The van der Waals surface area contributed by atoms with Crippen LogP contribution in [0.5, 0.6) is 0 Å². The fourth-order valence-corrected chi connectivity index (χ4v) is 4.20. The Labute approximate surface area is 134 Å². The van der Waals surface area contributed by atoms with Crippen molar-refractivity contribution in [2.24, 2.45) is 5.92 Å². The molecule has 1 aliphatic rings. The van der Waals surface area contributed by atoms with Crippen molar-refractivity contribution in [1.29, 1.82) is 0 Å². The van der Waals surface area contributed by atoms with Gasteiger partial charge in [0.25, 0.3) is 0 Å². The highest BCUT2D eigenvalue weighted by Crippen LogP contribution is 2.31. The fraction of sp³-hybridized carbons (Fsp3) is 0.571. The topological polar surface area (TPSA) is 66.4 Å². The molecule has 112 valence electrons. The summed E-state index contributed by atoms with van der Waals surface area (Å²) < 4.78 is 27.9. The van der Waals surface area contributed by atoms with Crippen molar-refractivity contribution in [3.63, 3.8) is 0 Å². The maximum Gasteiger partial charge on any atom is 0.240 e. The minimum Gasteiger partial charge on any atom is -0.389 e. The van der Waals surface area contributed by atoms with Crippen molar-refractivity contribution in [1.82, 2.24) is 4.72 Å². The number of hydrogen-bond acceptors (Lipinski definition) is 3. The highest BCUT2D eigenvalue weighted by Gasteiger charge is 2.33. The maximum atomic E-state index is 12.2. The van der Waals surface area contributed by atoms with E-state index in [-0.39, 0.29) is 11.4 Å². The molecule has 0 radical (unpaired) electrons. The van der Waals surface area contributed by atoms with Crippen LogP contribution in [0, 0.1) is 9.49 Å². The molecule has 2 rings (SSSR count). The van der Waals surface area contributed by atoms with Gasteiger partial charge in [0.1, 0.15) is 0 Å². The van der Waals surface area contributed by atoms with Crippen LogP contribution in [0.4, 0.5) is 0 Å². The molecule has 1 aromatic carbocycles. The summed E-state index contributed by atoms with van der Waals surface area (Å²) in [7, 11) is -3.55. The number of benzene rings is 1. The molecule has 6 heteroatoms. The van der Waals surface area contributed by atoms with E-state index in [1.54, 1.807) is 24.3 Å². The van der Waals surface area contributed by atoms with Crippen molar-refractivity contribution in [2.45, 2.75) is 43.1 Å². The summed E-state index contributed by atoms with van der Waals surface area (Å²) >= 11 is 2.13. The van der Waals surface area contributed by atoms with Crippen molar-refractivity contribution in [3.05, 3.63) is 27.8 Å². The number of aliphatic hydroxyl groups is 1. The molecule has 2 N–H and O–H groups in total. The molecule has 1 fully saturated rings. The van der Waals surface area contributed by atoms with Gasteiger partial charge in [-0.25, -0.2) is 13.1 Å². The Bertz CT molecular complexity index is 558. The average Bonchev–Trinajstić information content (AvgIpc) is 2.37. The zero-order valence-corrected chi connectivity index (χ0v) is 14.4. The third-order valence-corrected chi connectivity index (χ3v) is 5.92. The number of hydrogen-bond donors (Lipinski definition) is 2. The molecule has 0 aromatic heterocycles. The van der Waals surface area contributed by atoms with Crippen LogP contribution in [0.1, 0.15) is 32.6 Å². The molecule has 1 aromatic rings. The van der Waals surface area contributed by atoms with Gasteiger partial charge in [0.2, 0.25) is 10.0 Å². The van der Waals surface area contributed by atoms with Crippen LogP contribution in [0.25, 0.3) is 0 Å². The second-order valence-corrected chi connectivity index (χ2v) is 8.72. The van der Waals surface area contributed by atoms with Crippen LogP contribution in [0.2, 0.25) is 0 Å². The molecule has 1 aliphatic carbocycles. The van der Waals surface area contributed by atoms with E-state index in [0.29, 0.717) is 18.8 Å². The van der Waals surface area contributed by atoms with E-state index in [9.17, 15) is 13.5 Å². The van der Waals surface area contributed by atoms with E-state index < -0.39 is 15.6 Å². The first-order valence-electron chi connectivity index (χ1n) is 6.78. The average molecular weight is 409 g/mol. The van der Waals surface area contributed by atoms with Crippen molar-refractivity contribution in [3.8, 4) is 0 Å². The van der Waals surface area contributed by atoms with E-state index in [2.05, 4.69) is 34.2 Å². The Balaban J connectivity index is 2.04. The fourth-order valence-electron chi connectivity index (χ4n) is 2.72. The van der Waals surface area contributed by atoms with Gasteiger partial charge in [-0.2, -0.15) is 0 Å². The second-order valence-electron chi connectivity index (χ2n) is 5.70. The molecular weight excluding hydrogens is 389 g/mol. The van der Waals surface area contributed by atoms with Gasteiger partial charge >= 0.3 is 0 Å². The molecule has 0 aliphatic heterocycles. The molecular formula is C14H20INO3S. The molecule has 0 saturated heterocycles. The highest BCUT2D eigenvalue weighted by molar-refractivity contribution is 14.1. The lowest BCUT2D eigenvalue weighted by Gasteiger charge is -2.35. The van der Waals surface area contributed by atoms with Crippen LogP contribution in [-0.2, 0) is 10.0 Å². The SMILES string of the molecule is CC1CCCC(O)(CNS(=O)(=O)c2ccc(I)cc2)C1. The molecule has 0 bridgehead atoms. The Morgan fingerprint density at radius 3 is 2.65 bits per heavy atom. The van der Waals surface area contributed by atoms with E-state index >= 15 is 0 Å². The number of halogens is 1. The zero-order chi connectivity index (χ0) is 14.8. The zero-order valence-electron chi connectivity index (χ0n) is 11.5. The molecule has 1 saturated carbocycles. The van der Waals surface area contributed by atoms with Crippen LogP contribution >= 0.6 is 22.6 Å². The molecule has 0 spiro atoms. The Morgan fingerprint density at radius 2 is 2.05 bits per heavy atom. The lowest BCUT2D eigenvalue weighted by atomic mass is 9.79. The summed E-state index contributed by atoms with van der Waals surface area (Å²) in [5.41, 5.74) is -0.909. The summed E-state index contributed by atoms with van der Waals surface area (Å²) in [6.07, 6.45) is 3.36. The summed E-state index contributed by atoms with van der Waals surface area (Å²) in [6, 6.07) is 6.67. The number of nitrogens with one attached hydrogen (secondary N) is 1. The highest BCUT2D eigenvalue weighted by atomic mass is 127. The van der Waals surface area contributed by atoms with E-state index in [1.165, 1.54) is 0 Å². The molecule has 0 heterocycles. The first-order chi connectivity index (χ1) is 9.31. The largest absolute Gasteiger partial charge is 0.389 e. The van der Waals surface area contributed by atoms with E-state index in [0.717, 1.165) is 16.4 Å². The van der Waals surface area contributed by atoms with Crippen molar-refractivity contribution < 1.29 is 13.5 Å². The predicted octanol–water partition coefficient (Wildman–Crippen LogP) is 2.51. The lowest BCUT2D eigenvalue weighted by molar-refractivity contribution is -0.00751. The normalized spacial score (nSPS) is 27.4. The van der Waals surface area contributed by atoms with E-state index in [4.69, 9.17) is 0 Å². The second kappa shape index (κ2) is 6.29. The Hall–Kier alpha value is -0.180. The van der Waals surface area contributed by atoms with Gasteiger partial charge < -0.3 is 5.11 Å². The van der Waals surface area contributed by atoms with Gasteiger partial charge in [-0.15, -0.1) is 0 Å². The van der Waals surface area contributed by atoms with Crippen LogP contribution in [0.15, 0.2) is 29.2 Å². The minimum atomic E-state index is -3.55. The third-order valence-electron chi connectivity index (χ3n) is 3.78. The van der Waals surface area contributed by atoms with Gasteiger partial charge in [0, 0.05) is 10.1 Å². The smallest absolute Gasteiger partial charge is 0.240 e. The van der Waals surface area contributed by atoms with Gasteiger partial charge in [0.05, 0.1) is 10.5 Å². The van der Waals surface area contributed by atoms with E-state index in [1.807, 2.05) is 0 Å². The first-order valence-corrected chi connectivity index (χ1v) is 9.35. The van der Waals surface area contributed by atoms with Crippen LogP contribution in [0.3, 0.4) is 0 Å². The summed E-state index contributed by atoms with van der Waals surface area (Å²) in [4.78, 5) is 0.241. The number of rotatable bonds is 4. The summed E-state index contributed by atoms with van der Waals surface area (Å²) in [5.74, 6) is 0.441. The van der Waals surface area contributed by atoms with Gasteiger partial charge in [0.15, 0.2) is 0 Å². The molecule has 0 amide bonds. The molecule has 2 atom stereocenters. The Morgan fingerprint density at radius 1 is 1.40 bits per heavy atom. The first kappa shape index (κ1) is 16.2. The van der Waals surface area contributed by atoms with Gasteiger partial charge in [-0.3, -0.25) is 0 Å². The third kappa shape index (κ3) is 4.16. The summed E-state index contributed by atoms with van der Waals surface area (Å²) in [6.45, 7) is 2.18. The lowest BCUT2D eigenvalue weighted by Crippen LogP contribution is -2.45. The summed E-state index contributed by atoms with van der Waals surface area (Å²) in [5, 5.41) is 10.5. The molecule has 4 nitrogen and oxygen atoms in total. The van der Waals surface area contributed by atoms with Gasteiger partial charge in [-0.05, 0) is 65.6 Å². The van der Waals surface area contributed by atoms with Crippen LogP contribution in [-0.4, -0.2) is 25.7 Å². The van der Waals surface area contributed by atoms with Gasteiger partial charge in [-0.1, -0.05) is 19.8 Å². The minimum absolute atomic E-state index is 0.0889. The quantitative estimate of drug-likeness (QED) is 0.752. The van der Waals surface area contributed by atoms with Crippen molar-refractivity contribution in [2.75, 3.05) is 6.54 Å².